The summed E-state index contributed by atoms with van der Waals surface area (Å²) in [7, 11) is 0. The first kappa shape index (κ1) is 17.9. The van der Waals surface area contributed by atoms with Crippen molar-refractivity contribution in [3.05, 3.63) is 95.1 Å². The number of carbonyl (C=O) groups excluding carboxylic acids is 2. The van der Waals surface area contributed by atoms with Gasteiger partial charge in [0.25, 0.3) is 0 Å². The first-order chi connectivity index (χ1) is 13.7. The van der Waals surface area contributed by atoms with Crippen molar-refractivity contribution < 1.29 is 9.59 Å². The van der Waals surface area contributed by atoms with Crippen molar-refractivity contribution in [1.82, 2.24) is 0 Å². The summed E-state index contributed by atoms with van der Waals surface area (Å²) in [5, 5.41) is 2.16. The number of fused-ring (bicyclic) bond motifs is 1. The molecule has 0 fully saturated rings. The molecular weight excluding hydrogens is 344 g/mol. The lowest BCUT2D eigenvalue weighted by Crippen LogP contribution is -1.95. The second-order valence-corrected chi connectivity index (χ2v) is 7.02. The third kappa shape index (κ3) is 2.84. The molecular formula is C26H20O2. The summed E-state index contributed by atoms with van der Waals surface area (Å²) < 4.78 is 0. The molecule has 0 unspecified atom stereocenters. The first-order valence-electron chi connectivity index (χ1n) is 9.27. The molecule has 4 aromatic carbocycles. The van der Waals surface area contributed by atoms with Crippen molar-refractivity contribution in [1.29, 1.82) is 0 Å². The number of aryl methyl sites for hydroxylation is 2. The summed E-state index contributed by atoms with van der Waals surface area (Å²) in [5.74, 6) is 0. The van der Waals surface area contributed by atoms with Gasteiger partial charge in [-0.1, -0.05) is 72.8 Å². The molecule has 0 aromatic heterocycles. The van der Waals surface area contributed by atoms with Crippen LogP contribution in [0.1, 0.15) is 31.8 Å². The van der Waals surface area contributed by atoms with Crippen molar-refractivity contribution in [2.75, 3.05) is 0 Å². The molecule has 0 aliphatic heterocycles. The summed E-state index contributed by atoms with van der Waals surface area (Å²) in [6.07, 6.45) is 1.81. The lowest BCUT2D eigenvalue weighted by molar-refractivity contribution is 0.111. The number of aldehydes is 2. The maximum Gasteiger partial charge on any atom is 0.150 e. The standard InChI is InChI=1S/C26H20O2/c1-17-11-13-24-23(25(17)21-9-5-3-7-19(21)15-27)14-12-18(2)26(24)22-10-6-4-8-20(22)16-28/h3-16H,1-2H3. The number of hydrogen-bond acceptors (Lipinski definition) is 2. The van der Waals surface area contributed by atoms with Gasteiger partial charge in [0.05, 0.1) is 0 Å². The predicted molar refractivity (Wildman–Crippen MR) is 115 cm³/mol. The highest BCUT2D eigenvalue weighted by molar-refractivity contribution is 6.09. The molecule has 0 aliphatic rings. The van der Waals surface area contributed by atoms with Crippen LogP contribution in [0.15, 0.2) is 72.8 Å². The highest BCUT2D eigenvalue weighted by atomic mass is 16.1. The Morgan fingerprint density at radius 2 is 0.929 bits per heavy atom. The number of rotatable bonds is 4. The van der Waals surface area contributed by atoms with Gasteiger partial charge in [0.15, 0.2) is 12.6 Å². The van der Waals surface area contributed by atoms with Crippen molar-refractivity contribution in [2.24, 2.45) is 0 Å². The average Bonchev–Trinajstić information content (AvgIpc) is 2.74. The van der Waals surface area contributed by atoms with E-state index in [1.54, 1.807) is 0 Å². The molecule has 4 rings (SSSR count). The van der Waals surface area contributed by atoms with Gasteiger partial charge in [-0.05, 0) is 58.0 Å². The van der Waals surface area contributed by atoms with E-state index in [4.69, 9.17) is 0 Å². The Morgan fingerprint density at radius 3 is 1.32 bits per heavy atom. The van der Waals surface area contributed by atoms with Gasteiger partial charge < -0.3 is 0 Å². The monoisotopic (exact) mass is 364 g/mol. The maximum atomic E-state index is 11.6. The lowest BCUT2D eigenvalue weighted by atomic mass is 9.86. The van der Waals surface area contributed by atoms with Gasteiger partial charge in [-0.15, -0.1) is 0 Å². The topological polar surface area (TPSA) is 34.1 Å². The zero-order valence-electron chi connectivity index (χ0n) is 15.9. The van der Waals surface area contributed by atoms with Crippen LogP contribution in [-0.4, -0.2) is 12.6 Å². The van der Waals surface area contributed by atoms with Crippen molar-refractivity contribution in [3.63, 3.8) is 0 Å². The Morgan fingerprint density at radius 1 is 0.536 bits per heavy atom. The van der Waals surface area contributed by atoms with Crippen LogP contribution >= 0.6 is 0 Å². The van der Waals surface area contributed by atoms with Gasteiger partial charge >= 0.3 is 0 Å². The fourth-order valence-electron chi connectivity index (χ4n) is 3.99. The SMILES string of the molecule is Cc1ccc2c(-c3ccccc3C=O)c(C)ccc2c1-c1ccccc1C=O. The van der Waals surface area contributed by atoms with Crippen LogP contribution in [0.4, 0.5) is 0 Å². The van der Waals surface area contributed by atoms with Crippen LogP contribution < -0.4 is 0 Å². The minimum absolute atomic E-state index is 0.675. The van der Waals surface area contributed by atoms with Crippen LogP contribution in [0.5, 0.6) is 0 Å². The molecule has 0 saturated heterocycles. The second kappa shape index (κ2) is 7.24. The van der Waals surface area contributed by atoms with Crippen LogP contribution in [-0.2, 0) is 0 Å². The lowest BCUT2D eigenvalue weighted by Gasteiger charge is -2.17. The van der Waals surface area contributed by atoms with E-state index >= 15 is 0 Å². The molecule has 0 atom stereocenters. The van der Waals surface area contributed by atoms with E-state index in [1.807, 2.05) is 48.5 Å². The summed E-state index contributed by atoms with van der Waals surface area (Å²) in [6.45, 7) is 4.13. The molecule has 0 N–H and O–H groups in total. The van der Waals surface area contributed by atoms with Gasteiger partial charge in [-0.25, -0.2) is 0 Å². The summed E-state index contributed by atoms with van der Waals surface area (Å²) in [6, 6.07) is 23.7. The molecule has 136 valence electrons. The molecule has 0 amide bonds. The van der Waals surface area contributed by atoms with E-state index in [0.717, 1.165) is 56.7 Å². The zero-order valence-corrected chi connectivity index (χ0v) is 15.9. The molecule has 2 nitrogen and oxygen atoms in total. The van der Waals surface area contributed by atoms with Crippen LogP contribution in [0.25, 0.3) is 33.0 Å². The highest BCUT2D eigenvalue weighted by Gasteiger charge is 2.16. The van der Waals surface area contributed by atoms with E-state index in [2.05, 4.69) is 38.1 Å². The summed E-state index contributed by atoms with van der Waals surface area (Å²) in [4.78, 5) is 23.3. The Kier molecular flexibility index (Phi) is 4.62. The Hall–Kier alpha value is -3.52. The minimum atomic E-state index is 0.675. The Bertz CT molecular complexity index is 1120. The molecule has 0 aliphatic carbocycles. The second-order valence-electron chi connectivity index (χ2n) is 7.02. The van der Waals surface area contributed by atoms with Gasteiger partial charge in [-0.2, -0.15) is 0 Å². The Labute approximate surface area is 164 Å². The fourth-order valence-corrected chi connectivity index (χ4v) is 3.99. The van der Waals surface area contributed by atoms with E-state index in [1.165, 1.54) is 0 Å². The summed E-state index contributed by atoms with van der Waals surface area (Å²) >= 11 is 0. The average molecular weight is 364 g/mol. The number of hydrogen-bond donors (Lipinski definition) is 0. The van der Waals surface area contributed by atoms with Gasteiger partial charge in [0.1, 0.15) is 0 Å². The Balaban J connectivity index is 2.13. The number of carbonyl (C=O) groups is 2. The summed E-state index contributed by atoms with van der Waals surface area (Å²) in [5.41, 5.74) is 7.55. The van der Waals surface area contributed by atoms with Crippen molar-refractivity contribution in [3.8, 4) is 22.3 Å². The smallest absolute Gasteiger partial charge is 0.150 e. The van der Waals surface area contributed by atoms with Crippen LogP contribution in [0.3, 0.4) is 0 Å². The maximum absolute atomic E-state index is 11.6. The normalized spacial score (nSPS) is 10.8. The number of benzene rings is 4. The molecule has 4 aromatic rings. The fraction of sp³-hybridized carbons (Fsp3) is 0.0769. The molecule has 0 radical (unpaired) electrons. The van der Waals surface area contributed by atoms with Gasteiger partial charge in [0, 0.05) is 11.1 Å². The van der Waals surface area contributed by atoms with Crippen LogP contribution in [0.2, 0.25) is 0 Å². The molecule has 0 spiro atoms. The third-order valence-electron chi connectivity index (χ3n) is 5.33. The minimum Gasteiger partial charge on any atom is -0.298 e. The quantitative estimate of drug-likeness (QED) is 0.392. The van der Waals surface area contributed by atoms with Gasteiger partial charge in [-0.3, -0.25) is 9.59 Å². The van der Waals surface area contributed by atoms with E-state index in [-0.39, 0.29) is 0 Å². The van der Waals surface area contributed by atoms with Gasteiger partial charge in [0.2, 0.25) is 0 Å². The highest BCUT2D eigenvalue weighted by Crippen LogP contribution is 2.40. The largest absolute Gasteiger partial charge is 0.298 e. The molecule has 0 bridgehead atoms. The molecule has 2 heteroatoms. The van der Waals surface area contributed by atoms with Crippen molar-refractivity contribution >= 4 is 23.3 Å². The van der Waals surface area contributed by atoms with E-state index < -0.39 is 0 Å². The van der Waals surface area contributed by atoms with E-state index in [9.17, 15) is 9.59 Å². The van der Waals surface area contributed by atoms with E-state index in [0.29, 0.717) is 11.1 Å². The first-order valence-corrected chi connectivity index (χ1v) is 9.27. The molecule has 28 heavy (non-hydrogen) atoms. The third-order valence-corrected chi connectivity index (χ3v) is 5.33. The molecule has 0 saturated carbocycles. The van der Waals surface area contributed by atoms with Crippen molar-refractivity contribution in [2.45, 2.75) is 13.8 Å². The predicted octanol–water partition coefficient (Wildman–Crippen LogP) is 6.42. The molecule has 0 heterocycles. The van der Waals surface area contributed by atoms with Crippen LogP contribution in [0, 0.1) is 13.8 Å². The zero-order chi connectivity index (χ0) is 19.7.